The lowest BCUT2D eigenvalue weighted by molar-refractivity contribution is 1.19. The minimum Gasteiger partial charge on any atom is -0.354 e. The standard InChI is InChI=1S/C56H37N3/c1-3-17-42(18-4-1)58(53-25-13-16-38-14-7-9-21-45(38)53)44-30-26-37(27-31-44)41-35-49(55-51(36-41)47-23-11-12-24-52(47)57-55)40-29-33-54-50(34-40)48-32-28-39-15-8-10-22-46(39)56(48)59(54)43-19-5-2-6-20-43/h1-36,57H. The van der Waals surface area contributed by atoms with Crippen molar-refractivity contribution in [1.29, 1.82) is 0 Å². The van der Waals surface area contributed by atoms with Crippen LogP contribution in [0.3, 0.4) is 0 Å². The fraction of sp³-hybridized carbons (Fsp3) is 0. The van der Waals surface area contributed by atoms with Gasteiger partial charge in [-0.1, -0.05) is 146 Å². The highest BCUT2D eigenvalue weighted by atomic mass is 15.1. The van der Waals surface area contributed by atoms with E-state index in [9.17, 15) is 0 Å². The Morgan fingerprint density at radius 1 is 0.373 bits per heavy atom. The van der Waals surface area contributed by atoms with Crippen LogP contribution in [0.15, 0.2) is 218 Å². The zero-order valence-corrected chi connectivity index (χ0v) is 32.2. The van der Waals surface area contributed by atoms with Crippen molar-refractivity contribution in [2.45, 2.75) is 0 Å². The molecule has 276 valence electrons. The molecular weight excluding hydrogens is 715 g/mol. The third-order valence-electron chi connectivity index (χ3n) is 12.1. The second-order valence-electron chi connectivity index (χ2n) is 15.4. The van der Waals surface area contributed by atoms with Crippen molar-refractivity contribution in [2.75, 3.05) is 4.90 Å². The molecule has 12 aromatic rings. The summed E-state index contributed by atoms with van der Waals surface area (Å²) in [5, 5.41) is 9.86. The topological polar surface area (TPSA) is 24.0 Å². The molecule has 0 spiro atoms. The van der Waals surface area contributed by atoms with Gasteiger partial charge in [-0.15, -0.1) is 0 Å². The SMILES string of the molecule is c1ccc(N(c2ccc(-c3cc(-c4ccc5c(c4)c4ccc6ccccc6c4n5-c4ccccc4)c4[nH]c5ccccc5c4c3)cc2)c2cccc3ccccc23)cc1. The Balaban J connectivity index is 1.05. The Labute approximate surface area is 341 Å². The zero-order valence-electron chi connectivity index (χ0n) is 32.2. The Morgan fingerprint density at radius 3 is 1.81 bits per heavy atom. The quantitative estimate of drug-likeness (QED) is 0.180. The van der Waals surface area contributed by atoms with Gasteiger partial charge >= 0.3 is 0 Å². The normalized spacial score (nSPS) is 11.7. The molecule has 10 aromatic carbocycles. The maximum atomic E-state index is 3.83. The van der Waals surface area contributed by atoms with E-state index in [1.54, 1.807) is 0 Å². The van der Waals surface area contributed by atoms with Gasteiger partial charge in [-0.3, -0.25) is 0 Å². The largest absolute Gasteiger partial charge is 0.354 e. The summed E-state index contributed by atoms with van der Waals surface area (Å²) in [5.74, 6) is 0. The molecule has 0 bridgehead atoms. The first-order chi connectivity index (χ1) is 29.3. The van der Waals surface area contributed by atoms with E-state index in [4.69, 9.17) is 0 Å². The molecule has 0 saturated heterocycles. The predicted molar refractivity (Wildman–Crippen MR) is 251 cm³/mol. The summed E-state index contributed by atoms with van der Waals surface area (Å²) in [6.07, 6.45) is 0. The van der Waals surface area contributed by atoms with Crippen molar-refractivity contribution in [1.82, 2.24) is 9.55 Å². The van der Waals surface area contributed by atoms with E-state index in [0.717, 1.165) is 33.8 Å². The monoisotopic (exact) mass is 751 g/mol. The molecule has 0 unspecified atom stereocenters. The molecule has 0 radical (unpaired) electrons. The molecule has 0 aliphatic carbocycles. The second kappa shape index (κ2) is 13.4. The first-order valence-corrected chi connectivity index (χ1v) is 20.3. The second-order valence-corrected chi connectivity index (χ2v) is 15.4. The molecule has 1 N–H and O–H groups in total. The minimum absolute atomic E-state index is 1.11. The summed E-state index contributed by atoms with van der Waals surface area (Å²) in [7, 11) is 0. The molecule has 0 atom stereocenters. The number of aromatic amines is 1. The summed E-state index contributed by atoms with van der Waals surface area (Å²) < 4.78 is 2.43. The van der Waals surface area contributed by atoms with Crippen LogP contribution >= 0.6 is 0 Å². The summed E-state index contributed by atoms with van der Waals surface area (Å²) in [6.45, 7) is 0. The molecule has 0 amide bonds. The molecule has 0 aliphatic heterocycles. The van der Waals surface area contributed by atoms with Gasteiger partial charge in [0.05, 0.1) is 22.2 Å². The van der Waals surface area contributed by atoms with Gasteiger partial charge in [0.25, 0.3) is 0 Å². The summed E-state index contributed by atoms with van der Waals surface area (Å²) in [4.78, 5) is 6.19. The van der Waals surface area contributed by atoms with Gasteiger partial charge in [-0.2, -0.15) is 0 Å². The predicted octanol–water partition coefficient (Wildman–Crippen LogP) is 15.5. The van der Waals surface area contributed by atoms with Crippen LogP contribution in [0, 0.1) is 0 Å². The zero-order chi connectivity index (χ0) is 38.9. The van der Waals surface area contributed by atoms with Gasteiger partial charge in [0, 0.05) is 60.5 Å². The maximum absolute atomic E-state index is 3.83. The first-order valence-electron chi connectivity index (χ1n) is 20.3. The molecule has 2 heterocycles. The summed E-state index contributed by atoms with van der Waals surface area (Å²) in [5.41, 5.74) is 14.0. The first kappa shape index (κ1) is 33.3. The van der Waals surface area contributed by atoms with Crippen LogP contribution in [-0.4, -0.2) is 9.55 Å². The highest BCUT2D eigenvalue weighted by Gasteiger charge is 2.20. The smallest absolute Gasteiger partial charge is 0.0619 e. The average Bonchev–Trinajstić information content (AvgIpc) is 3.86. The van der Waals surface area contributed by atoms with Gasteiger partial charge in [0.1, 0.15) is 0 Å². The fourth-order valence-corrected chi connectivity index (χ4v) is 9.35. The van der Waals surface area contributed by atoms with Crippen LogP contribution in [-0.2, 0) is 0 Å². The van der Waals surface area contributed by atoms with Gasteiger partial charge in [-0.25, -0.2) is 0 Å². The van der Waals surface area contributed by atoms with Crippen molar-refractivity contribution < 1.29 is 0 Å². The Morgan fingerprint density at radius 2 is 1.00 bits per heavy atom. The van der Waals surface area contributed by atoms with Crippen molar-refractivity contribution in [3.8, 4) is 27.9 Å². The lowest BCUT2D eigenvalue weighted by atomic mass is 9.94. The molecular formula is C56H37N3. The van der Waals surface area contributed by atoms with E-state index in [0.29, 0.717) is 0 Å². The number of nitrogens with one attached hydrogen (secondary N) is 1. The summed E-state index contributed by atoms with van der Waals surface area (Å²) in [6, 6.07) is 79.4. The highest BCUT2D eigenvalue weighted by Crippen LogP contribution is 2.43. The number of benzene rings is 10. The maximum Gasteiger partial charge on any atom is 0.0619 e. The number of para-hydroxylation sites is 3. The number of rotatable bonds is 6. The summed E-state index contributed by atoms with van der Waals surface area (Å²) >= 11 is 0. The molecule has 3 heteroatoms. The number of fused-ring (bicyclic) bond motifs is 9. The number of anilines is 3. The molecule has 12 rings (SSSR count). The number of H-pyrrole nitrogens is 1. The van der Waals surface area contributed by atoms with Crippen LogP contribution in [0.25, 0.3) is 93.1 Å². The Hall–Kier alpha value is -7.88. The Bertz CT molecular complexity index is 3540. The third-order valence-corrected chi connectivity index (χ3v) is 12.1. The molecule has 3 nitrogen and oxygen atoms in total. The van der Waals surface area contributed by atoms with Crippen LogP contribution in [0.1, 0.15) is 0 Å². The molecule has 0 saturated carbocycles. The number of aromatic nitrogens is 2. The molecule has 2 aromatic heterocycles. The van der Waals surface area contributed by atoms with Crippen LogP contribution in [0.4, 0.5) is 17.1 Å². The van der Waals surface area contributed by atoms with E-state index in [1.807, 2.05) is 0 Å². The van der Waals surface area contributed by atoms with E-state index in [1.165, 1.54) is 76.4 Å². The number of hydrogen-bond acceptors (Lipinski definition) is 1. The molecule has 59 heavy (non-hydrogen) atoms. The average molecular weight is 752 g/mol. The molecule has 0 aliphatic rings. The third kappa shape index (κ3) is 5.36. The van der Waals surface area contributed by atoms with E-state index in [2.05, 4.69) is 233 Å². The highest BCUT2D eigenvalue weighted by molar-refractivity contribution is 6.20. The number of hydrogen-bond donors (Lipinski definition) is 1. The Kier molecular flexibility index (Phi) is 7.54. The van der Waals surface area contributed by atoms with Crippen LogP contribution < -0.4 is 4.90 Å². The van der Waals surface area contributed by atoms with Gasteiger partial charge in [0.2, 0.25) is 0 Å². The van der Waals surface area contributed by atoms with Gasteiger partial charge in [0.15, 0.2) is 0 Å². The fourth-order valence-electron chi connectivity index (χ4n) is 9.35. The van der Waals surface area contributed by atoms with E-state index in [-0.39, 0.29) is 0 Å². The van der Waals surface area contributed by atoms with Gasteiger partial charge < -0.3 is 14.5 Å². The van der Waals surface area contributed by atoms with E-state index >= 15 is 0 Å². The van der Waals surface area contributed by atoms with Crippen LogP contribution in [0.2, 0.25) is 0 Å². The lowest BCUT2D eigenvalue weighted by Gasteiger charge is -2.27. The molecule has 0 fully saturated rings. The van der Waals surface area contributed by atoms with Crippen molar-refractivity contribution >= 4 is 82.2 Å². The van der Waals surface area contributed by atoms with E-state index < -0.39 is 0 Å². The van der Waals surface area contributed by atoms with Crippen molar-refractivity contribution in [3.05, 3.63) is 218 Å². The lowest BCUT2D eigenvalue weighted by Crippen LogP contribution is -2.10. The van der Waals surface area contributed by atoms with Crippen molar-refractivity contribution in [2.24, 2.45) is 0 Å². The van der Waals surface area contributed by atoms with Crippen molar-refractivity contribution in [3.63, 3.8) is 0 Å². The minimum atomic E-state index is 1.11. The van der Waals surface area contributed by atoms with Crippen LogP contribution in [0.5, 0.6) is 0 Å². The van der Waals surface area contributed by atoms with Gasteiger partial charge in [-0.05, 0) is 100 Å². The number of nitrogens with zero attached hydrogens (tertiary/aromatic N) is 2.